The number of carbonyl (C=O) groups is 1. The molecule has 0 unspecified atom stereocenters. The summed E-state index contributed by atoms with van der Waals surface area (Å²) in [6, 6.07) is 6.83. The van der Waals surface area contributed by atoms with Gasteiger partial charge in [-0.25, -0.2) is 9.18 Å². The summed E-state index contributed by atoms with van der Waals surface area (Å²) < 4.78 is 13.1. The van der Waals surface area contributed by atoms with Crippen molar-refractivity contribution in [2.24, 2.45) is 5.92 Å². The van der Waals surface area contributed by atoms with Crippen molar-refractivity contribution in [1.82, 2.24) is 9.80 Å². The van der Waals surface area contributed by atoms with E-state index in [1.165, 1.54) is 12.1 Å². The predicted molar refractivity (Wildman–Crippen MR) is 80.7 cm³/mol. The van der Waals surface area contributed by atoms with E-state index >= 15 is 0 Å². The van der Waals surface area contributed by atoms with Gasteiger partial charge >= 0.3 is 6.03 Å². The van der Waals surface area contributed by atoms with Gasteiger partial charge < -0.3 is 15.1 Å². The highest BCUT2D eigenvalue weighted by molar-refractivity contribution is 5.90. The molecule has 0 bridgehead atoms. The molecule has 2 atom stereocenters. The minimum atomic E-state index is -0.334. The number of nitrogens with one attached hydrogen (secondary N) is 1. The predicted octanol–water partition coefficient (Wildman–Crippen LogP) is 2.77. The first kappa shape index (κ1) is 14.3. The lowest BCUT2D eigenvalue weighted by Gasteiger charge is -2.53. The highest BCUT2D eigenvalue weighted by Gasteiger charge is 2.45. The van der Waals surface area contributed by atoms with E-state index in [-0.39, 0.29) is 11.8 Å². The maximum Gasteiger partial charge on any atom is 0.322 e. The second-order valence-corrected chi connectivity index (χ2v) is 6.30. The number of nitrogens with zero attached hydrogens (tertiary/aromatic N) is 2. The van der Waals surface area contributed by atoms with Crippen LogP contribution in [0.15, 0.2) is 24.3 Å². The lowest BCUT2D eigenvalue weighted by molar-refractivity contribution is -0.0190. The van der Waals surface area contributed by atoms with Crippen LogP contribution in [0.4, 0.5) is 14.9 Å². The number of hydrogen-bond donors (Lipinski definition) is 1. The molecule has 2 heterocycles. The van der Waals surface area contributed by atoms with Crippen molar-refractivity contribution in [3.05, 3.63) is 30.1 Å². The molecular weight excluding hydrogens is 269 g/mol. The minimum Gasteiger partial charge on any atom is -0.321 e. The van der Waals surface area contributed by atoms with Crippen LogP contribution in [0.25, 0.3) is 0 Å². The zero-order valence-corrected chi connectivity index (χ0v) is 12.6. The monoisotopic (exact) mass is 291 g/mol. The van der Waals surface area contributed by atoms with Crippen LogP contribution in [0.2, 0.25) is 0 Å². The normalized spacial score (nSPS) is 25.4. The number of rotatable bonds is 2. The van der Waals surface area contributed by atoms with Crippen LogP contribution in [-0.4, -0.2) is 47.5 Å². The molecule has 0 aromatic heterocycles. The summed E-state index contributed by atoms with van der Waals surface area (Å²) in [5.41, 5.74) is 0.517. The van der Waals surface area contributed by atoms with Gasteiger partial charge in [-0.05, 0) is 38.5 Å². The Morgan fingerprint density at radius 2 is 2.19 bits per heavy atom. The fourth-order valence-corrected chi connectivity index (χ4v) is 3.35. The molecule has 2 amide bonds. The molecule has 0 spiro atoms. The van der Waals surface area contributed by atoms with Gasteiger partial charge in [-0.15, -0.1) is 0 Å². The summed E-state index contributed by atoms with van der Waals surface area (Å²) in [6.07, 6.45) is 1.03. The lowest BCUT2D eigenvalue weighted by Crippen LogP contribution is -2.66. The quantitative estimate of drug-likeness (QED) is 0.909. The first-order chi connectivity index (χ1) is 10.0. The highest BCUT2D eigenvalue weighted by Crippen LogP contribution is 2.33. The van der Waals surface area contributed by atoms with Crippen molar-refractivity contribution < 1.29 is 9.18 Å². The van der Waals surface area contributed by atoms with Crippen molar-refractivity contribution in [2.75, 3.05) is 25.0 Å². The topological polar surface area (TPSA) is 35.6 Å². The van der Waals surface area contributed by atoms with Crippen molar-refractivity contribution in [1.29, 1.82) is 0 Å². The van der Waals surface area contributed by atoms with Gasteiger partial charge in [0.25, 0.3) is 0 Å². The summed E-state index contributed by atoms with van der Waals surface area (Å²) in [4.78, 5) is 16.6. The molecule has 0 aliphatic carbocycles. The molecule has 2 aliphatic rings. The fourth-order valence-electron chi connectivity index (χ4n) is 3.35. The van der Waals surface area contributed by atoms with Gasteiger partial charge in [0.2, 0.25) is 0 Å². The highest BCUT2D eigenvalue weighted by atomic mass is 19.1. The van der Waals surface area contributed by atoms with E-state index in [0.29, 0.717) is 23.7 Å². The molecule has 3 rings (SSSR count). The molecule has 0 saturated carbocycles. The van der Waals surface area contributed by atoms with Crippen molar-refractivity contribution in [3.8, 4) is 0 Å². The number of hydrogen-bond acceptors (Lipinski definition) is 2. The summed E-state index contributed by atoms with van der Waals surface area (Å²) in [5, 5.41) is 2.79. The van der Waals surface area contributed by atoms with E-state index in [1.54, 1.807) is 12.1 Å². The summed E-state index contributed by atoms with van der Waals surface area (Å²) >= 11 is 0. The molecule has 5 heteroatoms. The Morgan fingerprint density at radius 1 is 1.38 bits per heavy atom. The SMILES string of the molecule is CC(C)N1CC[C@@H]2[C@H](C1)CN2C(=O)Nc1cccc(F)c1. The van der Waals surface area contributed by atoms with Crippen molar-refractivity contribution in [2.45, 2.75) is 32.4 Å². The van der Waals surface area contributed by atoms with Gasteiger partial charge in [0.1, 0.15) is 5.82 Å². The van der Waals surface area contributed by atoms with E-state index in [2.05, 4.69) is 24.1 Å². The molecule has 1 aromatic carbocycles. The van der Waals surface area contributed by atoms with Crippen LogP contribution in [0.3, 0.4) is 0 Å². The van der Waals surface area contributed by atoms with Gasteiger partial charge in [0.05, 0.1) is 0 Å². The Morgan fingerprint density at radius 3 is 2.86 bits per heavy atom. The molecule has 2 fully saturated rings. The minimum absolute atomic E-state index is 0.111. The van der Waals surface area contributed by atoms with Gasteiger partial charge in [0.15, 0.2) is 0 Å². The number of amides is 2. The van der Waals surface area contributed by atoms with Crippen LogP contribution < -0.4 is 5.32 Å². The first-order valence-corrected chi connectivity index (χ1v) is 7.62. The third kappa shape index (κ3) is 2.88. The number of piperidine rings is 1. The molecular formula is C16H22FN3O. The Balaban J connectivity index is 1.57. The van der Waals surface area contributed by atoms with Crippen LogP contribution in [0, 0.1) is 11.7 Å². The number of carbonyl (C=O) groups excluding carboxylic acids is 1. The van der Waals surface area contributed by atoms with Crippen molar-refractivity contribution >= 4 is 11.7 Å². The molecule has 4 nitrogen and oxygen atoms in total. The van der Waals surface area contributed by atoms with Crippen LogP contribution in [0.1, 0.15) is 20.3 Å². The van der Waals surface area contributed by atoms with Gasteiger partial charge in [-0.3, -0.25) is 0 Å². The summed E-state index contributed by atoms with van der Waals surface area (Å²) in [5.74, 6) is 0.249. The molecule has 1 aromatic rings. The average molecular weight is 291 g/mol. The summed E-state index contributed by atoms with van der Waals surface area (Å²) in [7, 11) is 0. The Hall–Kier alpha value is -1.62. The summed E-state index contributed by atoms with van der Waals surface area (Å²) in [6.45, 7) is 7.35. The smallest absolute Gasteiger partial charge is 0.321 e. The Labute approximate surface area is 124 Å². The number of likely N-dealkylation sites (tertiary alicyclic amines) is 2. The maximum absolute atomic E-state index is 13.1. The number of halogens is 1. The third-order valence-corrected chi connectivity index (χ3v) is 4.62. The zero-order valence-electron chi connectivity index (χ0n) is 12.6. The second kappa shape index (κ2) is 5.64. The van der Waals surface area contributed by atoms with E-state index in [0.717, 1.165) is 26.1 Å². The second-order valence-electron chi connectivity index (χ2n) is 6.30. The van der Waals surface area contributed by atoms with Gasteiger partial charge in [-0.1, -0.05) is 6.07 Å². The Bertz CT molecular complexity index is 534. The number of fused-ring (bicyclic) bond motifs is 1. The zero-order chi connectivity index (χ0) is 15.0. The number of urea groups is 1. The fraction of sp³-hybridized carbons (Fsp3) is 0.562. The average Bonchev–Trinajstić information content (AvgIpc) is 2.39. The maximum atomic E-state index is 13.1. The molecule has 2 aliphatic heterocycles. The molecule has 0 radical (unpaired) electrons. The number of benzene rings is 1. The van der Waals surface area contributed by atoms with Crippen LogP contribution >= 0.6 is 0 Å². The lowest BCUT2D eigenvalue weighted by atomic mass is 9.82. The van der Waals surface area contributed by atoms with Gasteiger partial charge in [0, 0.05) is 43.3 Å². The van der Waals surface area contributed by atoms with E-state index in [9.17, 15) is 9.18 Å². The van der Waals surface area contributed by atoms with E-state index < -0.39 is 0 Å². The van der Waals surface area contributed by atoms with Crippen LogP contribution in [-0.2, 0) is 0 Å². The Kier molecular flexibility index (Phi) is 3.85. The first-order valence-electron chi connectivity index (χ1n) is 7.62. The molecule has 21 heavy (non-hydrogen) atoms. The van der Waals surface area contributed by atoms with E-state index in [4.69, 9.17) is 0 Å². The standard InChI is InChI=1S/C16H22FN3O/c1-11(2)19-7-6-15-12(9-19)10-20(15)16(21)18-14-5-3-4-13(17)8-14/h3-5,8,11-12,15H,6-7,9-10H2,1-2H3,(H,18,21)/t12-,15-/m1/s1. The molecule has 1 N–H and O–H groups in total. The van der Waals surface area contributed by atoms with E-state index in [1.807, 2.05) is 4.90 Å². The van der Waals surface area contributed by atoms with Crippen LogP contribution in [0.5, 0.6) is 0 Å². The van der Waals surface area contributed by atoms with Crippen molar-refractivity contribution in [3.63, 3.8) is 0 Å². The largest absolute Gasteiger partial charge is 0.322 e. The molecule has 2 saturated heterocycles. The molecule has 114 valence electrons. The number of anilines is 1. The van der Waals surface area contributed by atoms with Gasteiger partial charge in [-0.2, -0.15) is 0 Å². The third-order valence-electron chi connectivity index (χ3n) is 4.62.